The van der Waals surface area contributed by atoms with E-state index in [2.05, 4.69) is 63.0 Å². The molecule has 0 saturated carbocycles. The van der Waals surface area contributed by atoms with Crippen LogP contribution in [0.25, 0.3) is 0 Å². The summed E-state index contributed by atoms with van der Waals surface area (Å²) in [6, 6.07) is 13.3. The molecule has 2 rings (SSSR count). The van der Waals surface area contributed by atoms with Gasteiger partial charge < -0.3 is 5.32 Å². The molecule has 0 spiro atoms. The fourth-order valence-corrected chi connectivity index (χ4v) is 3.73. The van der Waals surface area contributed by atoms with Gasteiger partial charge in [-0.05, 0) is 59.2 Å². The predicted molar refractivity (Wildman–Crippen MR) is 83.2 cm³/mol. The zero-order chi connectivity index (χ0) is 12.8. The first-order valence-corrected chi connectivity index (χ1v) is 7.92. The van der Waals surface area contributed by atoms with Crippen molar-refractivity contribution in [2.24, 2.45) is 0 Å². The van der Waals surface area contributed by atoms with Gasteiger partial charge in [0.05, 0.1) is 0 Å². The summed E-state index contributed by atoms with van der Waals surface area (Å²) in [4.78, 5) is 1.46. The van der Waals surface area contributed by atoms with Gasteiger partial charge in [-0.3, -0.25) is 0 Å². The maximum atomic E-state index is 3.59. The molecule has 1 aromatic carbocycles. The molecule has 2 aromatic rings. The first-order chi connectivity index (χ1) is 8.81. The standard InChI is InChI=1S/C15H18BrNS/c1-17-14(12-6-3-2-4-7-12)8-5-9-15-13(16)10-11-18-15/h2-4,6-7,10-11,14,17H,5,8-9H2,1H3. The summed E-state index contributed by atoms with van der Waals surface area (Å²) >= 11 is 5.43. The van der Waals surface area contributed by atoms with Crippen LogP contribution in [-0.4, -0.2) is 7.05 Å². The molecule has 0 fully saturated rings. The molecule has 1 heterocycles. The number of thiophene rings is 1. The summed E-state index contributed by atoms with van der Waals surface area (Å²) in [5.41, 5.74) is 1.38. The van der Waals surface area contributed by atoms with Crippen molar-refractivity contribution in [2.75, 3.05) is 7.05 Å². The van der Waals surface area contributed by atoms with E-state index in [1.54, 1.807) is 0 Å². The average molecular weight is 324 g/mol. The first-order valence-electron chi connectivity index (χ1n) is 6.25. The molecule has 0 bridgehead atoms. The Morgan fingerprint density at radius 2 is 2.00 bits per heavy atom. The summed E-state index contributed by atoms with van der Waals surface area (Å²) in [5.74, 6) is 0. The van der Waals surface area contributed by atoms with Gasteiger partial charge in [-0.2, -0.15) is 0 Å². The Labute approximate surface area is 121 Å². The third-order valence-corrected chi connectivity index (χ3v) is 5.12. The van der Waals surface area contributed by atoms with E-state index in [-0.39, 0.29) is 0 Å². The summed E-state index contributed by atoms with van der Waals surface area (Å²) in [6.45, 7) is 0. The van der Waals surface area contributed by atoms with Gasteiger partial charge in [0, 0.05) is 15.4 Å². The van der Waals surface area contributed by atoms with E-state index in [1.165, 1.54) is 27.8 Å². The number of nitrogens with one attached hydrogen (secondary N) is 1. The maximum absolute atomic E-state index is 3.59. The van der Waals surface area contributed by atoms with E-state index in [0.717, 1.165) is 6.42 Å². The number of hydrogen-bond donors (Lipinski definition) is 1. The number of aryl methyl sites for hydroxylation is 1. The van der Waals surface area contributed by atoms with Crippen molar-refractivity contribution in [3.63, 3.8) is 0 Å². The third kappa shape index (κ3) is 3.67. The monoisotopic (exact) mass is 323 g/mol. The third-order valence-electron chi connectivity index (χ3n) is 3.14. The van der Waals surface area contributed by atoms with E-state index in [1.807, 2.05) is 18.4 Å². The Morgan fingerprint density at radius 3 is 2.61 bits per heavy atom. The number of hydrogen-bond acceptors (Lipinski definition) is 2. The minimum absolute atomic E-state index is 0.463. The van der Waals surface area contributed by atoms with E-state index in [9.17, 15) is 0 Å². The van der Waals surface area contributed by atoms with E-state index in [0.29, 0.717) is 6.04 Å². The predicted octanol–water partition coefficient (Wildman–Crippen LogP) is 4.79. The number of benzene rings is 1. The van der Waals surface area contributed by atoms with E-state index in [4.69, 9.17) is 0 Å². The van der Waals surface area contributed by atoms with Crippen LogP contribution in [0, 0.1) is 0 Å². The fourth-order valence-electron chi connectivity index (χ4n) is 2.13. The highest BCUT2D eigenvalue weighted by Gasteiger charge is 2.09. The van der Waals surface area contributed by atoms with Crippen LogP contribution in [0.4, 0.5) is 0 Å². The molecule has 1 aromatic heterocycles. The second kappa shape index (κ2) is 7.07. The van der Waals surface area contributed by atoms with Crippen molar-refractivity contribution in [2.45, 2.75) is 25.3 Å². The molecule has 1 unspecified atom stereocenters. The van der Waals surface area contributed by atoms with Gasteiger partial charge in [0.25, 0.3) is 0 Å². The molecule has 1 nitrogen and oxygen atoms in total. The largest absolute Gasteiger partial charge is 0.313 e. The minimum Gasteiger partial charge on any atom is -0.313 e. The lowest BCUT2D eigenvalue weighted by Crippen LogP contribution is -2.16. The van der Waals surface area contributed by atoms with Crippen molar-refractivity contribution >= 4 is 27.3 Å². The summed E-state index contributed by atoms with van der Waals surface area (Å²) < 4.78 is 1.26. The molecule has 18 heavy (non-hydrogen) atoms. The Morgan fingerprint density at radius 1 is 1.22 bits per heavy atom. The van der Waals surface area contributed by atoms with Gasteiger partial charge in [-0.1, -0.05) is 30.3 Å². The smallest absolute Gasteiger partial charge is 0.0317 e. The van der Waals surface area contributed by atoms with Crippen LogP contribution in [-0.2, 0) is 6.42 Å². The summed E-state index contributed by atoms with van der Waals surface area (Å²) in [5, 5.41) is 5.55. The Bertz CT molecular complexity index is 466. The van der Waals surface area contributed by atoms with Crippen molar-refractivity contribution < 1.29 is 0 Å². The van der Waals surface area contributed by atoms with Crippen LogP contribution in [0.15, 0.2) is 46.3 Å². The molecule has 96 valence electrons. The molecule has 0 aliphatic heterocycles. The SMILES string of the molecule is CNC(CCCc1sccc1Br)c1ccccc1. The zero-order valence-corrected chi connectivity index (χ0v) is 12.9. The quantitative estimate of drug-likeness (QED) is 0.805. The van der Waals surface area contributed by atoms with Gasteiger partial charge in [-0.25, -0.2) is 0 Å². The van der Waals surface area contributed by atoms with Crippen molar-refractivity contribution in [1.82, 2.24) is 5.32 Å². The van der Waals surface area contributed by atoms with Crippen LogP contribution in [0.3, 0.4) is 0 Å². The molecular formula is C15H18BrNS. The molecule has 0 aliphatic carbocycles. The van der Waals surface area contributed by atoms with Crippen molar-refractivity contribution in [3.8, 4) is 0 Å². The second-order valence-corrected chi connectivity index (χ2v) is 6.19. The second-order valence-electron chi connectivity index (χ2n) is 4.34. The molecule has 1 atom stereocenters. The van der Waals surface area contributed by atoms with Crippen LogP contribution in [0.1, 0.15) is 29.3 Å². The maximum Gasteiger partial charge on any atom is 0.0317 e. The van der Waals surface area contributed by atoms with Gasteiger partial charge in [0.1, 0.15) is 0 Å². The zero-order valence-electron chi connectivity index (χ0n) is 10.5. The lowest BCUT2D eigenvalue weighted by atomic mass is 10.0. The van der Waals surface area contributed by atoms with Crippen molar-refractivity contribution in [3.05, 3.63) is 56.7 Å². The van der Waals surface area contributed by atoms with Gasteiger partial charge >= 0.3 is 0 Å². The molecule has 3 heteroatoms. The van der Waals surface area contributed by atoms with Gasteiger partial charge in [-0.15, -0.1) is 11.3 Å². The average Bonchev–Trinajstić information content (AvgIpc) is 2.81. The molecule has 0 radical (unpaired) electrons. The van der Waals surface area contributed by atoms with Crippen LogP contribution in [0.2, 0.25) is 0 Å². The molecule has 0 saturated heterocycles. The van der Waals surface area contributed by atoms with Gasteiger partial charge in [0.15, 0.2) is 0 Å². The van der Waals surface area contributed by atoms with E-state index >= 15 is 0 Å². The van der Waals surface area contributed by atoms with Crippen LogP contribution < -0.4 is 5.32 Å². The minimum atomic E-state index is 0.463. The number of halogens is 1. The lowest BCUT2D eigenvalue weighted by molar-refractivity contribution is 0.528. The first kappa shape index (κ1) is 13.8. The molecule has 0 amide bonds. The van der Waals surface area contributed by atoms with Gasteiger partial charge in [0.2, 0.25) is 0 Å². The lowest BCUT2D eigenvalue weighted by Gasteiger charge is -2.16. The summed E-state index contributed by atoms with van der Waals surface area (Å²) in [7, 11) is 2.04. The highest BCUT2D eigenvalue weighted by atomic mass is 79.9. The topological polar surface area (TPSA) is 12.0 Å². The number of rotatable bonds is 6. The van der Waals surface area contributed by atoms with Crippen LogP contribution in [0.5, 0.6) is 0 Å². The summed E-state index contributed by atoms with van der Waals surface area (Å²) in [6.07, 6.45) is 3.54. The molecular weight excluding hydrogens is 306 g/mol. The Kier molecular flexibility index (Phi) is 5.42. The highest BCUT2D eigenvalue weighted by Crippen LogP contribution is 2.26. The highest BCUT2D eigenvalue weighted by molar-refractivity contribution is 9.10. The Balaban J connectivity index is 1.87. The normalized spacial score (nSPS) is 12.6. The van der Waals surface area contributed by atoms with Crippen LogP contribution >= 0.6 is 27.3 Å². The van der Waals surface area contributed by atoms with E-state index < -0.39 is 0 Å². The molecule has 0 aliphatic rings. The van der Waals surface area contributed by atoms with Crippen molar-refractivity contribution in [1.29, 1.82) is 0 Å². The molecule has 1 N–H and O–H groups in total. The Hall–Kier alpha value is -0.640. The fraction of sp³-hybridized carbons (Fsp3) is 0.333.